The molecule has 1 fully saturated rings. The van der Waals surface area contributed by atoms with Gasteiger partial charge in [0.05, 0.1) is 5.69 Å². The molecule has 1 aliphatic heterocycles. The zero-order valence-corrected chi connectivity index (χ0v) is 9.96. The summed E-state index contributed by atoms with van der Waals surface area (Å²) in [4.78, 5) is 1.83. The molecule has 1 saturated heterocycles. The quantitative estimate of drug-likeness (QED) is 0.826. The minimum Gasteiger partial charge on any atom is -0.375 e. The van der Waals surface area contributed by atoms with E-state index in [0.29, 0.717) is 11.6 Å². The van der Waals surface area contributed by atoms with Gasteiger partial charge in [0, 0.05) is 20.6 Å². The SMILES string of the molecule is CN(C)c1cc(C2CCCNC2)ccc1F. The molecule has 0 amide bonds. The van der Waals surface area contributed by atoms with E-state index in [-0.39, 0.29) is 5.82 Å². The number of anilines is 1. The van der Waals surface area contributed by atoms with Gasteiger partial charge in [-0.1, -0.05) is 6.07 Å². The van der Waals surface area contributed by atoms with Crippen LogP contribution in [-0.2, 0) is 0 Å². The van der Waals surface area contributed by atoms with Crippen LogP contribution >= 0.6 is 0 Å². The molecule has 1 heterocycles. The molecule has 1 aromatic carbocycles. The van der Waals surface area contributed by atoms with Gasteiger partial charge in [0.1, 0.15) is 5.82 Å². The molecule has 1 aromatic rings. The van der Waals surface area contributed by atoms with Crippen LogP contribution in [0.4, 0.5) is 10.1 Å². The summed E-state index contributed by atoms with van der Waals surface area (Å²) in [6, 6.07) is 5.48. The Morgan fingerprint density at radius 2 is 2.19 bits per heavy atom. The van der Waals surface area contributed by atoms with Gasteiger partial charge in [0.15, 0.2) is 0 Å². The standard InChI is InChI=1S/C13H19FN2/c1-16(2)13-8-10(5-6-12(13)14)11-4-3-7-15-9-11/h5-6,8,11,15H,3-4,7,9H2,1-2H3. The fourth-order valence-corrected chi connectivity index (χ4v) is 2.26. The number of nitrogens with one attached hydrogen (secondary N) is 1. The predicted molar refractivity (Wildman–Crippen MR) is 65.6 cm³/mol. The van der Waals surface area contributed by atoms with Crippen molar-refractivity contribution in [3.63, 3.8) is 0 Å². The van der Waals surface area contributed by atoms with Crippen molar-refractivity contribution < 1.29 is 4.39 Å². The molecule has 1 aliphatic rings. The first-order chi connectivity index (χ1) is 7.68. The van der Waals surface area contributed by atoms with E-state index in [2.05, 4.69) is 5.32 Å². The maximum absolute atomic E-state index is 13.5. The lowest BCUT2D eigenvalue weighted by Crippen LogP contribution is -2.28. The molecule has 3 heteroatoms. The van der Waals surface area contributed by atoms with Gasteiger partial charge in [-0.05, 0) is 43.0 Å². The Hall–Kier alpha value is -1.09. The minimum atomic E-state index is -0.141. The van der Waals surface area contributed by atoms with E-state index in [9.17, 15) is 4.39 Å². The zero-order valence-electron chi connectivity index (χ0n) is 9.96. The second-order valence-electron chi connectivity index (χ2n) is 4.65. The predicted octanol–water partition coefficient (Wildman–Crippen LogP) is 2.36. The Balaban J connectivity index is 2.24. The highest BCUT2D eigenvalue weighted by Crippen LogP contribution is 2.27. The Labute approximate surface area is 96.5 Å². The van der Waals surface area contributed by atoms with Crippen molar-refractivity contribution >= 4 is 5.69 Å². The van der Waals surface area contributed by atoms with Gasteiger partial charge in [0.25, 0.3) is 0 Å². The molecule has 1 N–H and O–H groups in total. The van der Waals surface area contributed by atoms with Crippen LogP contribution in [0.3, 0.4) is 0 Å². The van der Waals surface area contributed by atoms with E-state index >= 15 is 0 Å². The maximum Gasteiger partial charge on any atom is 0.146 e. The van der Waals surface area contributed by atoms with Crippen LogP contribution in [0.2, 0.25) is 0 Å². The number of nitrogens with zero attached hydrogens (tertiary/aromatic N) is 1. The van der Waals surface area contributed by atoms with Crippen molar-refractivity contribution in [1.82, 2.24) is 5.32 Å². The Kier molecular flexibility index (Phi) is 3.44. The van der Waals surface area contributed by atoms with Gasteiger partial charge < -0.3 is 10.2 Å². The van der Waals surface area contributed by atoms with E-state index in [1.54, 1.807) is 6.07 Å². The minimum absolute atomic E-state index is 0.141. The maximum atomic E-state index is 13.5. The third-order valence-electron chi connectivity index (χ3n) is 3.22. The summed E-state index contributed by atoms with van der Waals surface area (Å²) in [7, 11) is 3.75. The van der Waals surface area contributed by atoms with Crippen LogP contribution in [0.1, 0.15) is 24.3 Å². The number of hydrogen-bond donors (Lipinski definition) is 1. The number of benzene rings is 1. The highest BCUT2D eigenvalue weighted by Gasteiger charge is 2.16. The van der Waals surface area contributed by atoms with Gasteiger partial charge in [-0.3, -0.25) is 0 Å². The van der Waals surface area contributed by atoms with Gasteiger partial charge in [-0.15, -0.1) is 0 Å². The Morgan fingerprint density at radius 1 is 1.38 bits per heavy atom. The first-order valence-electron chi connectivity index (χ1n) is 5.86. The van der Waals surface area contributed by atoms with Gasteiger partial charge in [-0.25, -0.2) is 4.39 Å². The molecule has 1 unspecified atom stereocenters. The summed E-state index contributed by atoms with van der Waals surface area (Å²) in [5.41, 5.74) is 1.93. The van der Waals surface area contributed by atoms with Crippen molar-refractivity contribution in [2.75, 3.05) is 32.1 Å². The molecule has 2 rings (SSSR count). The topological polar surface area (TPSA) is 15.3 Å². The highest BCUT2D eigenvalue weighted by molar-refractivity contribution is 5.49. The second-order valence-corrected chi connectivity index (χ2v) is 4.65. The molecule has 0 spiro atoms. The van der Waals surface area contributed by atoms with E-state index in [4.69, 9.17) is 0 Å². The van der Waals surface area contributed by atoms with Crippen molar-refractivity contribution in [2.24, 2.45) is 0 Å². The first kappa shape index (κ1) is 11.4. The van der Waals surface area contributed by atoms with Crippen molar-refractivity contribution in [1.29, 1.82) is 0 Å². The monoisotopic (exact) mass is 222 g/mol. The fraction of sp³-hybridized carbons (Fsp3) is 0.538. The summed E-state index contributed by atoms with van der Waals surface area (Å²) >= 11 is 0. The first-order valence-corrected chi connectivity index (χ1v) is 5.86. The van der Waals surface area contributed by atoms with E-state index in [1.165, 1.54) is 18.4 Å². The van der Waals surface area contributed by atoms with Crippen molar-refractivity contribution in [3.05, 3.63) is 29.6 Å². The van der Waals surface area contributed by atoms with Crippen LogP contribution in [-0.4, -0.2) is 27.2 Å². The van der Waals surface area contributed by atoms with E-state index in [1.807, 2.05) is 31.1 Å². The Bertz CT molecular complexity index is 357. The lowest BCUT2D eigenvalue weighted by Gasteiger charge is -2.24. The number of hydrogen-bond acceptors (Lipinski definition) is 2. The normalized spacial score (nSPS) is 20.8. The summed E-state index contributed by atoms with van der Waals surface area (Å²) < 4.78 is 13.5. The fourth-order valence-electron chi connectivity index (χ4n) is 2.26. The smallest absolute Gasteiger partial charge is 0.146 e. The van der Waals surface area contributed by atoms with Crippen LogP contribution < -0.4 is 10.2 Å². The Morgan fingerprint density at radius 3 is 2.81 bits per heavy atom. The molecule has 0 saturated carbocycles. The molecule has 0 aliphatic carbocycles. The lowest BCUT2D eigenvalue weighted by atomic mass is 9.91. The largest absolute Gasteiger partial charge is 0.375 e. The molecule has 0 radical (unpaired) electrons. The number of halogens is 1. The number of piperidine rings is 1. The third-order valence-corrected chi connectivity index (χ3v) is 3.22. The summed E-state index contributed by atoms with van der Waals surface area (Å²) in [5.74, 6) is 0.394. The van der Waals surface area contributed by atoms with E-state index < -0.39 is 0 Å². The number of rotatable bonds is 2. The van der Waals surface area contributed by atoms with E-state index in [0.717, 1.165) is 13.1 Å². The average molecular weight is 222 g/mol. The van der Waals surface area contributed by atoms with Crippen LogP contribution in [0.15, 0.2) is 18.2 Å². The molecule has 88 valence electrons. The van der Waals surface area contributed by atoms with Crippen molar-refractivity contribution in [3.8, 4) is 0 Å². The van der Waals surface area contributed by atoms with Gasteiger partial charge in [-0.2, -0.15) is 0 Å². The second kappa shape index (κ2) is 4.83. The molecule has 0 aromatic heterocycles. The van der Waals surface area contributed by atoms with Gasteiger partial charge in [0.2, 0.25) is 0 Å². The van der Waals surface area contributed by atoms with Crippen LogP contribution in [0.25, 0.3) is 0 Å². The van der Waals surface area contributed by atoms with Gasteiger partial charge >= 0.3 is 0 Å². The molecular formula is C13H19FN2. The summed E-state index contributed by atoms with van der Waals surface area (Å²) in [5, 5.41) is 3.39. The molecule has 2 nitrogen and oxygen atoms in total. The summed E-state index contributed by atoms with van der Waals surface area (Å²) in [6.45, 7) is 2.12. The lowest BCUT2D eigenvalue weighted by molar-refractivity contribution is 0.461. The van der Waals surface area contributed by atoms with Crippen LogP contribution in [0, 0.1) is 5.82 Å². The molecular weight excluding hydrogens is 203 g/mol. The third kappa shape index (κ3) is 2.35. The zero-order chi connectivity index (χ0) is 11.5. The average Bonchev–Trinajstić information content (AvgIpc) is 2.30. The molecule has 1 atom stereocenters. The van der Waals surface area contributed by atoms with Crippen molar-refractivity contribution in [2.45, 2.75) is 18.8 Å². The summed E-state index contributed by atoms with van der Waals surface area (Å²) in [6.07, 6.45) is 2.41. The molecule has 0 bridgehead atoms. The molecule has 16 heavy (non-hydrogen) atoms. The highest BCUT2D eigenvalue weighted by atomic mass is 19.1. The van der Waals surface area contributed by atoms with Crippen LogP contribution in [0.5, 0.6) is 0 Å².